The normalized spacial score (nSPS) is 12.6. The molecule has 0 aliphatic rings. The Labute approximate surface area is 343 Å². The molecule has 0 saturated heterocycles. The van der Waals surface area contributed by atoms with E-state index in [0.29, 0.717) is 51.0 Å². The molecule has 312 valence electrons. The third kappa shape index (κ3) is 14.1. The lowest BCUT2D eigenvalue weighted by atomic mass is 9.87. The zero-order chi connectivity index (χ0) is 41.0. The Bertz CT molecular complexity index is 1740. The largest absolute Gasteiger partial charge is 0.493 e. The molecule has 0 saturated carbocycles. The summed E-state index contributed by atoms with van der Waals surface area (Å²) in [6.07, 6.45) is 8.03. The minimum absolute atomic E-state index is 0.113. The summed E-state index contributed by atoms with van der Waals surface area (Å²) in [5, 5.41) is 21.9. The van der Waals surface area contributed by atoms with E-state index in [1.807, 2.05) is 18.2 Å². The van der Waals surface area contributed by atoms with Gasteiger partial charge in [0.05, 0.1) is 32.0 Å². The fourth-order valence-electron chi connectivity index (χ4n) is 7.64. The molecule has 8 nitrogen and oxygen atoms in total. The van der Waals surface area contributed by atoms with Gasteiger partial charge in [-0.1, -0.05) is 108 Å². The number of aryl methyl sites for hydroxylation is 1. The lowest BCUT2D eigenvalue weighted by Gasteiger charge is -2.24. The number of aliphatic hydroxyl groups is 2. The number of hydrogen-bond donors (Lipinski definition) is 5. The van der Waals surface area contributed by atoms with Gasteiger partial charge in [0.15, 0.2) is 0 Å². The van der Waals surface area contributed by atoms with Crippen LogP contribution in [0.3, 0.4) is 0 Å². The van der Waals surface area contributed by atoms with Crippen LogP contribution in [0.1, 0.15) is 94.9 Å². The van der Waals surface area contributed by atoms with Crippen LogP contribution in [-0.4, -0.2) is 61.9 Å². The Hall–Kier alpha value is -3.92. The quantitative estimate of drug-likeness (QED) is 0.0404. The van der Waals surface area contributed by atoms with Crippen molar-refractivity contribution in [1.82, 2.24) is 0 Å². The highest BCUT2D eigenvalue weighted by Crippen LogP contribution is 2.44. The topological polar surface area (TPSA) is 146 Å². The van der Waals surface area contributed by atoms with E-state index in [1.165, 1.54) is 5.56 Å². The Morgan fingerprint density at radius 1 is 0.579 bits per heavy atom. The van der Waals surface area contributed by atoms with Crippen LogP contribution in [0.2, 0.25) is 0 Å². The van der Waals surface area contributed by atoms with E-state index >= 15 is 0 Å². The molecule has 0 unspecified atom stereocenters. The van der Waals surface area contributed by atoms with Gasteiger partial charge in [-0.2, -0.15) is 0 Å². The van der Waals surface area contributed by atoms with E-state index in [1.54, 1.807) is 0 Å². The van der Waals surface area contributed by atoms with Crippen LogP contribution < -0.4 is 31.4 Å². The molecular weight excluding hydrogens is 711 g/mol. The SMILES string of the molecule is CCCC(CCC)COc1cc(C[C@H](O)CN)cc(-c2c(C[C@H](O)CN)cc(-c3c(CCCN)cccc3OCCc3ccccc3)cc2OCC(CC)CC)c1. The zero-order valence-corrected chi connectivity index (χ0v) is 35.2. The summed E-state index contributed by atoms with van der Waals surface area (Å²) in [7, 11) is 0. The van der Waals surface area contributed by atoms with E-state index < -0.39 is 12.2 Å². The molecule has 0 radical (unpaired) electrons. The van der Waals surface area contributed by atoms with Crippen molar-refractivity contribution in [3.05, 3.63) is 101 Å². The summed E-state index contributed by atoms with van der Waals surface area (Å²) in [5.74, 6) is 3.09. The van der Waals surface area contributed by atoms with Crippen molar-refractivity contribution >= 4 is 0 Å². The molecule has 8 N–H and O–H groups in total. The molecule has 0 aliphatic carbocycles. The van der Waals surface area contributed by atoms with Gasteiger partial charge in [0, 0.05) is 37.1 Å². The monoisotopic (exact) mass is 782 g/mol. The smallest absolute Gasteiger partial charge is 0.128 e. The molecule has 0 amide bonds. The lowest BCUT2D eigenvalue weighted by molar-refractivity contribution is 0.183. The molecule has 4 aromatic rings. The first kappa shape index (κ1) is 45.8. The van der Waals surface area contributed by atoms with Gasteiger partial charge in [0.1, 0.15) is 17.2 Å². The Balaban J connectivity index is 1.95. The van der Waals surface area contributed by atoms with E-state index in [4.69, 9.17) is 31.4 Å². The van der Waals surface area contributed by atoms with Crippen molar-refractivity contribution in [3.8, 4) is 39.5 Å². The molecule has 4 rings (SSSR count). The molecule has 0 bridgehead atoms. The molecule has 0 aromatic heterocycles. The Morgan fingerprint density at radius 3 is 1.91 bits per heavy atom. The summed E-state index contributed by atoms with van der Waals surface area (Å²) >= 11 is 0. The van der Waals surface area contributed by atoms with Gasteiger partial charge < -0.3 is 41.6 Å². The van der Waals surface area contributed by atoms with Gasteiger partial charge in [0.2, 0.25) is 0 Å². The van der Waals surface area contributed by atoms with Crippen LogP contribution in [-0.2, 0) is 25.7 Å². The highest BCUT2D eigenvalue weighted by atomic mass is 16.5. The molecule has 0 heterocycles. The van der Waals surface area contributed by atoms with E-state index in [-0.39, 0.29) is 13.1 Å². The predicted octanol–water partition coefficient (Wildman–Crippen LogP) is 8.67. The van der Waals surface area contributed by atoms with Crippen LogP contribution in [0.4, 0.5) is 0 Å². The summed E-state index contributed by atoms with van der Waals surface area (Å²) in [5.41, 5.74) is 26.0. The van der Waals surface area contributed by atoms with Crippen LogP contribution in [0.5, 0.6) is 17.2 Å². The first-order valence-electron chi connectivity index (χ1n) is 21.6. The number of benzene rings is 4. The van der Waals surface area contributed by atoms with Gasteiger partial charge >= 0.3 is 0 Å². The second kappa shape index (κ2) is 24.8. The minimum Gasteiger partial charge on any atom is -0.493 e. The molecule has 4 aromatic carbocycles. The Morgan fingerprint density at radius 2 is 1.25 bits per heavy atom. The van der Waals surface area contributed by atoms with Crippen molar-refractivity contribution < 1.29 is 24.4 Å². The van der Waals surface area contributed by atoms with Gasteiger partial charge in [-0.15, -0.1) is 0 Å². The second-order valence-electron chi connectivity index (χ2n) is 15.6. The standard InChI is InChI=1S/C49H71N3O5/c1-5-14-37(15-6-2)34-56-45-26-38(25-43(53)31-51)24-40(29-45)49-41(28-44(54)32-52)27-42(30-47(49)57-33-35(7-3)8-4)48-39(19-13-22-50)18-12-20-46(48)55-23-21-36-16-10-9-11-17-36/h9-12,16-18,20,24,26-27,29-30,35,37,43-44,53-54H,5-8,13-15,19,21-23,25,28,31-34,50-52H2,1-4H3/t43-,44-/m0/s1. The Kier molecular flexibility index (Phi) is 19.9. The summed E-state index contributed by atoms with van der Waals surface area (Å²) in [6, 6.07) is 27.1. The first-order valence-corrected chi connectivity index (χ1v) is 21.6. The van der Waals surface area contributed by atoms with Crippen molar-refractivity contribution in [2.75, 3.05) is 39.5 Å². The number of ether oxygens (including phenoxy) is 3. The molecule has 0 spiro atoms. The second-order valence-corrected chi connectivity index (χ2v) is 15.6. The van der Waals surface area contributed by atoms with Gasteiger partial charge in [-0.05, 0) is 108 Å². The number of hydrogen-bond acceptors (Lipinski definition) is 8. The van der Waals surface area contributed by atoms with Gasteiger partial charge in [0.25, 0.3) is 0 Å². The van der Waals surface area contributed by atoms with Gasteiger partial charge in [-0.3, -0.25) is 0 Å². The average Bonchev–Trinajstić information content (AvgIpc) is 3.22. The van der Waals surface area contributed by atoms with Crippen LogP contribution in [0.25, 0.3) is 22.3 Å². The maximum Gasteiger partial charge on any atom is 0.128 e. The van der Waals surface area contributed by atoms with Crippen LogP contribution in [0.15, 0.2) is 78.9 Å². The zero-order valence-electron chi connectivity index (χ0n) is 35.2. The average molecular weight is 782 g/mol. The maximum atomic E-state index is 11.2. The number of aliphatic hydroxyl groups excluding tert-OH is 2. The minimum atomic E-state index is -0.776. The van der Waals surface area contributed by atoms with Crippen molar-refractivity contribution in [1.29, 1.82) is 0 Å². The molecule has 8 heteroatoms. The molecular formula is C49H71N3O5. The van der Waals surface area contributed by atoms with Crippen molar-refractivity contribution in [2.45, 2.75) is 111 Å². The van der Waals surface area contributed by atoms with Crippen molar-refractivity contribution in [2.24, 2.45) is 29.0 Å². The molecule has 0 fully saturated rings. The van der Waals surface area contributed by atoms with E-state index in [0.717, 1.165) is 114 Å². The third-order valence-corrected chi connectivity index (χ3v) is 11.0. The molecule has 57 heavy (non-hydrogen) atoms. The first-order chi connectivity index (χ1) is 27.8. The number of rotatable bonds is 27. The van der Waals surface area contributed by atoms with Gasteiger partial charge in [-0.25, -0.2) is 0 Å². The van der Waals surface area contributed by atoms with Crippen molar-refractivity contribution in [3.63, 3.8) is 0 Å². The highest BCUT2D eigenvalue weighted by Gasteiger charge is 2.23. The number of nitrogens with two attached hydrogens (primary N) is 3. The van der Waals surface area contributed by atoms with E-state index in [2.05, 4.69) is 88.4 Å². The van der Waals surface area contributed by atoms with Crippen LogP contribution in [0, 0.1) is 11.8 Å². The fourth-order valence-corrected chi connectivity index (χ4v) is 7.64. The summed E-state index contributed by atoms with van der Waals surface area (Å²) < 4.78 is 20.1. The summed E-state index contributed by atoms with van der Waals surface area (Å²) in [4.78, 5) is 0. The fraction of sp³-hybridized carbons (Fsp3) is 0.510. The van der Waals surface area contributed by atoms with E-state index in [9.17, 15) is 10.2 Å². The third-order valence-electron chi connectivity index (χ3n) is 11.0. The molecule has 0 aliphatic heterocycles. The molecule has 2 atom stereocenters. The van der Waals surface area contributed by atoms with Crippen LogP contribution >= 0.6 is 0 Å². The maximum absolute atomic E-state index is 11.2. The highest BCUT2D eigenvalue weighted by molar-refractivity contribution is 5.83. The summed E-state index contributed by atoms with van der Waals surface area (Å²) in [6.45, 7) is 11.4. The lowest BCUT2D eigenvalue weighted by Crippen LogP contribution is -2.23. The predicted molar refractivity (Wildman–Crippen MR) is 236 cm³/mol.